The molecule has 24 heteroatoms. The van der Waals surface area contributed by atoms with Crippen molar-refractivity contribution in [3.8, 4) is 0 Å². The molecule has 0 saturated carbocycles. The van der Waals surface area contributed by atoms with Gasteiger partial charge in [0, 0.05) is 61.9 Å². The van der Waals surface area contributed by atoms with E-state index in [9.17, 15) is 52.7 Å². The molecule has 2 fully saturated rings. The van der Waals surface area contributed by atoms with Crippen LogP contribution in [0.1, 0.15) is 75.2 Å². The van der Waals surface area contributed by atoms with E-state index in [1.165, 1.54) is 6.92 Å². The first kappa shape index (κ1) is 51.2. The lowest BCUT2D eigenvalue weighted by Gasteiger charge is -2.45. The van der Waals surface area contributed by atoms with Crippen LogP contribution in [0.2, 0.25) is 0 Å². The van der Waals surface area contributed by atoms with Crippen LogP contribution >= 0.6 is 0 Å². The fourth-order valence-electron chi connectivity index (χ4n) is 6.44. The van der Waals surface area contributed by atoms with Crippen molar-refractivity contribution in [3.05, 3.63) is 0 Å². The summed E-state index contributed by atoms with van der Waals surface area (Å²) in [4.78, 5) is 138. The topological polar surface area (TPSA) is 321 Å². The minimum Gasteiger partial charge on any atom is -0.463 e. The molecule has 0 aliphatic carbocycles. The second-order valence-electron chi connectivity index (χ2n) is 14.0. The highest BCUT2D eigenvalue weighted by Crippen LogP contribution is 2.33. The third-order valence-electron chi connectivity index (χ3n) is 8.72. The summed E-state index contributed by atoms with van der Waals surface area (Å²) in [7, 11) is 0. The zero-order valence-electron chi connectivity index (χ0n) is 35.2. The molecule has 0 spiro atoms. The van der Waals surface area contributed by atoms with Gasteiger partial charge >= 0.3 is 47.8 Å². The summed E-state index contributed by atoms with van der Waals surface area (Å²) in [6, 6.07) is -1.20. The van der Waals surface area contributed by atoms with E-state index in [2.05, 4.69) is 5.32 Å². The first-order valence-corrected chi connectivity index (χ1v) is 18.9. The Balaban J connectivity index is 2.67. The molecule has 24 nitrogen and oxygen atoms in total. The molecule has 11 atom stereocenters. The number of hydrogen-bond acceptors (Lipinski definition) is 21. The number of carbonyl (C=O) groups excluding carboxylic acids is 11. The number of esters is 8. The molecule has 0 aromatic rings. The lowest BCUT2D eigenvalue weighted by molar-refractivity contribution is -0.254. The van der Waals surface area contributed by atoms with Gasteiger partial charge < -0.3 is 63.3 Å². The van der Waals surface area contributed by atoms with E-state index in [0.29, 0.717) is 0 Å². The van der Waals surface area contributed by atoms with Gasteiger partial charge in [0.1, 0.15) is 43.7 Å². The Bertz CT molecular complexity index is 1670. The summed E-state index contributed by atoms with van der Waals surface area (Å²) in [5, 5.41) is 2.33. The van der Waals surface area contributed by atoms with E-state index in [1.54, 1.807) is 0 Å². The largest absolute Gasteiger partial charge is 0.463 e. The van der Waals surface area contributed by atoms with E-state index in [-0.39, 0.29) is 6.42 Å². The van der Waals surface area contributed by atoms with Gasteiger partial charge in [-0.05, 0) is 13.3 Å². The molecular weight excluding hydrogens is 822 g/mol. The highest BCUT2D eigenvalue weighted by Gasteiger charge is 2.54. The SMILES string of the molecule is CC(=O)OC[C@@H]1O[C@@H](CCN(CC(=O)N[C@@H](C)C(N)=O)C(=O)C[C@H]2O[C@H](COC(C)=O)[C@H](OC(C)=O)[C@H](OC(C)=O)[C@H]2OC(C)=O)[C@@H](OC(C)=O)[C@H](OC(C)=O)[C@@H]1OC(C)=O. The van der Waals surface area contributed by atoms with Crippen LogP contribution in [0.5, 0.6) is 0 Å². The number of primary amides is 1. The molecule has 3 amide bonds. The first-order valence-electron chi connectivity index (χ1n) is 18.9. The molecule has 0 aromatic carbocycles. The van der Waals surface area contributed by atoms with Crippen LogP contribution in [0.25, 0.3) is 0 Å². The van der Waals surface area contributed by atoms with Crippen molar-refractivity contribution < 1.29 is 100 Å². The van der Waals surface area contributed by atoms with Crippen LogP contribution in [-0.4, -0.2) is 164 Å². The average molecular weight is 876 g/mol. The Labute approximate surface area is 349 Å². The van der Waals surface area contributed by atoms with Gasteiger partial charge in [0.05, 0.1) is 13.0 Å². The van der Waals surface area contributed by atoms with Crippen molar-refractivity contribution in [1.82, 2.24) is 10.2 Å². The smallest absolute Gasteiger partial charge is 0.303 e. The number of nitrogens with two attached hydrogens (primary N) is 1. The Hall–Kier alpha value is -5.91. The molecule has 2 heterocycles. The third kappa shape index (κ3) is 16.9. The van der Waals surface area contributed by atoms with Crippen LogP contribution in [0, 0.1) is 0 Å². The Morgan fingerprint density at radius 1 is 0.525 bits per heavy atom. The maximum Gasteiger partial charge on any atom is 0.303 e. The predicted octanol–water partition coefficient (Wildman–Crippen LogP) is -2.16. The molecule has 0 unspecified atom stereocenters. The number of carbonyl (C=O) groups is 11. The van der Waals surface area contributed by atoms with Gasteiger partial charge in [-0.15, -0.1) is 0 Å². The molecule has 3 N–H and O–H groups in total. The average Bonchev–Trinajstić information content (AvgIpc) is 3.11. The minimum absolute atomic E-state index is 0.345. The van der Waals surface area contributed by atoms with Gasteiger partial charge in [-0.25, -0.2) is 0 Å². The summed E-state index contributed by atoms with van der Waals surface area (Å²) in [5.74, 6) is -9.70. The molecule has 0 radical (unpaired) electrons. The van der Waals surface area contributed by atoms with E-state index in [0.717, 1.165) is 60.3 Å². The number of amides is 3. The summed E-state index contributed by atoms with van der Waals surface area (Å²) >= 11 is 0. The molecule has 342 valence electrons. The van der Waals surface area contributed by atoms with E-state index in [1.807, 2.05) is 0 Å². The van der Waals surface area contributed by atoms with Crippen molar-refractivity contribution in [2.75, 3.05) is 26.3 Å². The molecule has 2 rings (SSSR count). The first-order chi connectivity index (χ1) is 28.4. The molecule has 0 aromatic heterocycles. The van der Waals surface area contributed by atoms with Crippen molar-refractivity contribution in [2.45, 2.75) is 142 Å². The quantitative estimate of drug-likeness (QED) is 0.103. The zero-order chi connectivity index (χ0) is 46.3. The summed E-state index contributed by atoms with van der Waals surface area (Å²) in [5.41, 5.74) is 5.31. The van der Waals surface area contributed by atoms with Gasteiger partial charge in [0.15, 0.2) is 36.6 Å². The van der Waals surface area contributed by atoms with Crippen LogP contribution in [-0.2, 0) is 100 Å². The van der Waals surface area contributed by atoms with Crippen LogP contribution in [0.4, 0.5) is 0 Å². The van der Waals surface area contributed by atoms with Gasteiger partial charge in [0.25, 0.3) is 0 Å². The van der Waals surface area contributed by atoms with Crippen molar-refractivity contribution in [1.29, 1.82) is 0 Å². The number of hydrogen-bond donors (Lipinski definition) is 2. The maximum absolute atomic E-state index is 14.4. The highest BCUT2D eigenvalue weighted by molar-refractivity contribution is 5.89. The van der Waals surface area contributed by atoms with E-state index >= 15 is 0 Å². The Kier molecular flexibility index (Phi) is 20.0. The van der Waals surface area contributed by atoms with E-state index in [4.69, 9.17) is 53.1 Å². The van der Waals surface area contributed by atoms with Crippen LogP contribution in [0.15, 0.2) is 0 Å². The summed E-state index contributed by atoms with van der Waals surface area (Å²) in [6.07, 6.45) is -16.1. The number of rotatable bonds is 19. The molecule has 0 bridgehead atoms. The maximum atomic E-state index is 14.4. The molecule has 2 aliphatic heterocycles. The fraction of sp³-hybridized carbons (Fsp3) is 0.703. The van der Waals surface area contributed by atoms with Crippen LogP contribution < -0.4 is 11.1 Å². The van der Waals surface area contributed by atoms with Crippen LogP contribution in [0.3, 0.4) is 0 Å². The normalized spacial score (nSPS) is 26.1. The number of ether oxygens (including phenoxy) is 10. The second kappa shape index (κ2) is 23.8. The van der Waals surface area contributed by atoms with Gasteiger partial charge in [-0.1, -0.05) is 0 Å². The molecule has 2 saturated heterocycles. The monoisotopic (exact) mass is 875 g/mol. The van der Waals surface area contributed by atoms with E-state index < -0.39 is 165 Å². The van der Waals surface area contributed by atoms with Crippen molar-refractivity contribution >= 4 is 65.5 Å². The predicted molar refractivity (Wildman–Crippen MR) is 197 cm³/mol. The van der Waals surface area contributed by atoms with Crippen molar-refractivity contribution in [2.24, 2.45) is 5.73 Å². The fourth-order valence-corrected chi connectivity index (χ4v) is 6.44. The van der Waals surface area contributed by atoms with Crippen molar-refractivity contribution in [3.63, 3.8) is 0 Å². The second-order valence-corrected chi connectivity index (χ2v) is 14.0. The van der Waals surface area contributed by atoms with Gasteiger partial charge in [0.2, 0.25) is 17.7 Å². The lowest BCUT2D eigenvalue weighted by atomic mass is 9.91. The Morgan fingerprint density at radius 3 is 1.23 bits per heavy atom. The lowest BCUT2D eigenvalue weighted by Crippen LogP contribution is -2.63. The molecule has 2 aliphatic rings. The third-order valence-corrected chi connectivity index (χ3v) is 8.72. The zero-order valence-corrected chi connectivity index (χ0v) is 35.2. The Morgan fingerprint density at radius 2 is 0.869 bits per heavy atom. The van der Waals surface area contributed by atoms with Gasteiger partial charge in [-0.2, -0.15) is 0 Å². The standard InChI is InChI=1S/C37H53N3O21/c1-16(37(38)51)39-29(49)13-40(11-10-25-31(54-19(4)43)35(58-23(8)47)33(56-21(6)45)27(60-25)14-52-17(2)41)30(50)12-26-32(55-20(5)44)36(59-24(9)48)34(57-22(7)46)28(61-26)15-53-18(3)42/h16,25-28,31-36H,10-15H2,1-9H3,(H2,38,51)(H,39,49)/t16-,25-,26+,27-,28+,31+,32-,33+,34-,35-,36+/m0/s1. The van der Waals surface area contributed by atoms with Gasteiger partial charge in [-0.3, -0.25) is 52.7 Å². The number of nitrogens with one attached hydrogen (secondary N) is 1. The highest BCUT2D eigenvalue weighted by atomic mass is 16.7. The summed E-state index contributed by atoms with van der Waals surface area (Å²) < 4.78 is 55.0. The molecule has 61 heavy (non-hydrogen) atoms. The minimum atomic E-state index is -1.64. The number of nitrogens with zero attached hydrogens (tertiary/aromatic N) is 1. The molecular formula is C37H53N3O21. The summed E-state index contributed by atoms with van der Waals surface area (Å²) in [6.45, 7) is 7.18.